The predicted molar refractivity (Wildman–Crippen MR) is 88.3 cm³/mol. The molecule has 2 aromatic carbocycles. The molecule has 0 aliphatic carbocycles. The fourth-order valence-corrected chi connectivity index (χ4v) is 2.94. The maximum absolute atomic E-state index is 6.21. The van der Waals surface area contributed by atoms with E-state index in [9.17, 15) is 0 Å². The maximum Gasteiger partial charge on any atom is 0.246 e. The topological polar surface area (TPSA) is 30.5 Å². The van der Waals surface area contributed by atoms with Gasteiger partial charge in [-0.15, -0.1) is 0 Å². The van der Waals surface area contributed by atoms with E-state index in [1.165, 1.54) is 0 Å². The number of nitrogens with one attached hydrogen (secondary N) is 1. The van der Waals surface area contributed by atoms with Crippen LogP contribution in [0.3, 0.4) is 0 Å². The number of hydrogen-bond donors (Lipinski definition) is 1. The molecule has 5 heteroatoms. The number of ether oxygens (including phenoxy) is 2. The van der Waals surface area contributed by atoms with E-state index in [4.69, 9.17) is 21.1 Å². The molecule has 0 fully saturated rings. The lowest BCUT2D eigenvalue weighted by molar-refractivity contribution is -0.0431. The van der Waals surface area contributed by atoms with Crippen LogP contribution in [0.25, 0.3) is 0 Å². The van der Waals surface area contributed by atoms with E-state index in [2.05, 4.69) is 21.2 Å². The van der Waals surface area contributed by atoms with Crippen molar-refractivity contribution in [2.45, 2.75) is 26.2 Å². The lowest BCUT2D eigenvalue weighted by Gasteiger charge is -2.16. The standard InChI is InChI=1S/C16H15BrClNO2/c1-16(2)20-14-6-5-12(8-15(14)21-16)19-9-10-3-4-11(17)7-13(10)18/h3-8,19H,9H2,1-2H3. The van der Waals surface area contributed by atoms with E-state index >= 15 is 0 Å². The molecule has 1 aliphatic rings. The van der Waals surface area contributed by atoms with Crippen LogP contribution in [0.4, 0.5) is 5.69 Å². The molecule has 110 valence electrons. The summed E-state index contributed by atoms with van der Waals surface area (Å²) in [6.07, 6.45) is 0. The molecule has 0 amide bonds. The van der Waals surface area contributed by atoms with E-state index in [0.717, 1.165) is 32.2 Å². The van der Waals surface area contributed by atoms with Crippen LogP contribution in [-0.2, 0) is 6.54 Å². The summed E-state index contributed by atoms with van der Waals surface area (Å²) >= 11 is 9.61. The highest BCUT2D eigenvalue weighted by atomic mass is 79.9. The van der Waals surface area contributed by atoms with Gasteiger partial charge in [0, 0.05) is 41.6 Å². The smallest absolute Gasteiger partial charge is 0.246 e. The Morgan fingerprint density at radius 3 is 2.62 bits per heavy atom. The SMILES string of the molecule is CC1(C)Oc2ccc(NCc3ccc(Br)cc3Cl)cc2O1. The van der Waals surface area contributed by atoms with Gasteiger partial charge >= 0.3 is 0 Å². The lowest BCUT2D eigenvalue weighted by Crippen LogP contribution is -2.29. The molecule has 21 heavy (non-hydrogen) atoms. The molecular formula is C16H15BrClNO2. The van der Waals surface area contributed by atoms with Crippen LogP contribution in [0.2, 0.25) is 5.02 Å². The van der Waals surface area contributed by atoms with Crippen LogP contribution in [0, 0.1) is 0 Å². The maximum atomic E-state index is 6.21. The highest BCUT2D eigenvalue weighted by molar-refractivity contribution is 9.10. The molecule has 1 heterocycles. The van der Waals surface area contributed by atoms with E-state index in [-0.39, 0.29) is 0 Å². The molecule has 1 N–H and O–H groups in total. The van der Waals surface area contributed by atoms with Crippen LogP contribution in [0.1, 0.15) is 19.4 Å². The Kier molecular flexibility index (Phi) is 3.76. The van der Waals surface area contributed by atoms with Gasteiger partial charge in [0.25, 0.3) is 0 Å². The second-order valence-corrected chi connectivity index (χ2v) is 6.68. The molecular weight excluding hydrogens is 354 g/mol. The first-order valence-corrected chi connectivity index (χ1v) is 7.80. The summed E-state index contributed by atoms with van der Waals surface area (Å²) in [7, 11) is 0. The number of benzene rings is 2. The van der Waals surface area contributed by atoms with Crippen molar-refractivity contribution in [3.8, 4) is 11.5 Å². The molecule has 1 aliphatic heterocycles. The van der Waals surface area contributed by atoms with Crippen molar-refractivity contribution in [3.05, 3.63) is 51.5 Å². The number of halogens is 2. The van der Waals surface area contributed by atoms with Crippen molar-refractivity contribution in [1.29, 1.82) is 0 Å². The summed E-state index contributed by atoms with van der Waals surface area (Å²) in [4.78, 5) is 0. The fraction of sp³-hybridized carbons (Fsp3) is 0.250. The Hall–Kier alpha value is -1.39. The molecule has 0 spiro atoms. The zero-order chi connectivity index (χ0) is 15.0. The summed E-state index contributed by atoms with van der Waals surface area (Å²) in [6, 6.07) is 11.7. The molecule has 0 unspecified atom stereocenters. The average Bonchev–Trinajstić information content (AvgIpc) is 2.70. The zero-order valence-corrected chi connectivity index (χ0v) is 14.1. The Labute approximate surface area is 137 Å². The van der Waals surface area contributed by atoms with Crippen LogP contribution in [-0.4, -0.2) is 5.79 Å². The van der Waals surface area contributed by atoms with E-state index in [1.807, 2.05) is 50.2 Å². The number of anilines is 1. The molecule has 3 rings (SSSR count). The number of hydrogen-bond acceptors (Lipinski definition) is 3. The minimum atomic E-state index is -0.601. The monoisotopic (exact) mass is 367 g/mol. The van der Waals surface area contributed by atoms with Gasteiger partial charge in [-0.1, -0.05) is 33.6 Å². The Morgan fingerprint density at radius 1 is 1.10 bits per heavy atom. The third-order valence-electron chi connectivity index (χ3n) is 3.15. The van der Waals surface area contributed by atoms with Gasteiger partial charge in [0.2, 0.25) is 5.79 Å². The summed E-state index contributed by atoms with van der Waals surface area (Å²) in [5.74, 6) is 0.926. The molecule has 2 aromatic rings. The Balaban J connectivity index is 1.72. The molecule has 3 nitrogen and oxygen atoms in total. The second-order valence-electron chi connectivity index (χ2n) is 5.35. The van der Waals surface area contributed by atoms with Crippen LogP contribution >= 0.6 is 27.5 Å². The van der Waals surface area contributed by atoms with E-state index < -0.39 is 5.79 Å². The van der Waals surface area contributed by atoms with Crippen LogP contribution in [0.5, 0.6) is 11.5 Å². The minimum Gasteiger partial charge on any atom is -0.449 e. The zero-order valence-electron chi connectivity index (χ0n) is 11.7. The quantitative estimate of drug-likeness (QED) is 0.805. The van der Waals surface area contributed by atoms with Gasteiger partial charge in [-0.2, -0.15) is 0 Å². The summed E-state index contributed by atoms with van der Waals surface area (Å²) in [6.45, 7) is 4.43. The van der Waals surface area contributed by atoms with Gasteiger partial charge in [-0.25, -0.2) is 0 Å². The third-order valence-corrected chi connectivity index (χ3v) is 4.00. The first-order chi connectivity index (χ1) is 9.93. The van der Waals surface area contributed by atoms with Crippen LogP contribution < -0.4 is 14.8 Å². The molecule has 0 bridgehead atoms. The average molecular weight is 369 g/mol. The van der Waals surface area contributed by atoms with Crippen molar-refractivity contribution < 1.29 is 9.47 Å². The molecule has 0 saturated heterocycles. The van der Waals surface area contributed by atoms with Crippen LogP contribution in [0.15, 0.2) is 40.9 Å². The summed E-state index contributed by atoms with van der Waals surface area (Å²) < 4.78 is 12.4. The van der Waals surface area contributed by atoms with Gasteiger partial charge in [0.15, 0.2) is 11.5 Å². The van der Waals surface area contributed by atoms with Gasteiger partial charge in [-0.05, 0) is 29.8 Å². The largest absolute Gasteiger partial charge is 0.449 e. The molecule has 0 aromatic heterocycles. The van der Waals surface area contributed by atoms with Gasteiger partial charge in [0.05, 0.1) is 0 Å². The predicted octanol–water partition coefficient (Wildman–Crippen LogP) is 5.22. The van der Waals surface area contributed by atoms with Gasteiger partial charge < -0.3 is 14.8 Å². The molecule has 0 saturated carbocycles. The van der Waals surface area contributed by atoms with E-state index in [1.54, 1.807) is 0 Å². The first kappa shape index (κ1) is 14.5. The highest BCUT2D eigenvalue weighted by Gasteiger charge is 2.31. The van der Waals surface area contributed by atoms with Crippen molar-refractivity contribution in [1.82, 2.24) is 0 Å². The highest BCUT2D eigenvalue weighted by Crippen LogP contribution is 2.40. The second kappa shape index (κ2) is 5.43. The summed E-state index contributed by atoms with van der Waals surface area (Å²) in [5, 5.41) is 4.08. The summed E-state index contributed by atoms with van der Waals surface area (Å²) in [5.41, 5.74) is 2.01. The molecule has 0 radical (unpaired) electrons. The lowest BCUT2D eigenvalue weighted by atomic mass is 10.2. The fourth-order valence-electron chi connectivity index (χ4n) is 2.19. The number of rotatable bonds is 3. The Morgan fingerprint density at radius 2 is 1.86 bits per heavy atom. The van der Waals surface area contributed by atoms with Gasteiger partial charge in [-0.3, -0.25) is 0 Å². The van der Waals surface area contributed by atoms with Crippen molar-refractivity contribution >= 4 is 33.2 Å². The third kappa shape index (κ3) is 3.27. The van der Waals surface area contributed by atoms with Gasteiger partial charge in [0.1, 0.15) is 0 Å². The minimum absolute atomic E-state index is 0.601. The Bertz CT molecular complexity index is 688. The van der Waals surface area contributed by atoms with Crippen molar-refractivity contribution in [3.63, 3.8) is 0 Å². The molecule has 0 atom stereocenters. The first-order valence-electron chi connectivity index (χ1n) is 6.63. The van der Waals surface area contributed by atoms with Crippen molar-refractivity contribution in [2.75, 3.05) is 5.32 Å². The van der Waals surface area contributed by atoms with E-state index in [0.29, 0.717) is 6.54 Å². The van der Waals surface area contributed by atoms with Crippen molar-refractivity contribution in [2.24, 2.45) is 0 Å². The normalized spacial score (nSPS) is 15.0. The number of fused-ring (bicyclic) bond motifs is 1.